The average molecular weight is 275 g/mol. The number of hydrogen-bond donors (Lipinski definition) is 1. The highest BCUT2D eigenvalue weighted by Gasteiger charge is 2.11. The van der Waals surface area contributed by atoms with Crippen molar-refractivity contribution in [2.75, 3.05) is 0 Å². The molecule has 19 heavy (non-hydrogen) atoms. The Kier molecular flexibility index (Phi) is 4.62. The first-order valence-corrected chi connectivity index (χ1v) is 7.02. The van der Waals surface area contributed by atoms with Gasteiger partial charge in [-0.15, -0.1) is 0 Å². The Morgan fingerprint density at radius 3 is 2.26 bits per heavy atom. The van der Waals surface area contributed by atoms with E-state index in [9.17, 15) is 5.11 Å². The molecular formula is C17H19ClO. The maximum absolute atomic E-state index is 10.4. The van der Waals surface area contributed by atoms with Crippen LogP contribution >= 0.6 is 11.6 Å². The summed E-state index contributed by atoms with van der Waals surface area (Å²) in [5.41, 5.74) is 4.10. The van der Waals surface area contributed by atoms with Gasteiger partial charge in [-0.05, 0) is 41.7 Å². The summed E-state index contributed by atoms with van der Waals surface area (Å²) in [5, 5.41) is 11.1. The summed E-state index contributed by atoms with van der Waals surface area (Å²) in [5.74, 6) is 0. The molecule has 1 N–H and O–H groups in total. The van der Waals surface area contributed by atoms with Gasteiger partial charge in [0.25, 0.3) is 0 Å². The van der Waals surface area contributed by atoms with Crippen LogP contribution in [0.2, 0.25) is 5.02 Å². The minimum absolute atomic E-state index is 0.591. The van der Waals surface area contributed by atoms with Gasteiger partial charge in [-0.25, -0.2) is 0 Å². The van der Waals surface area contributed by atoms with Gasteiger partial charge in [0, 0.05) is 5.02 Å². The fourth-order valence-electron chi connectivity index (χ4n) is 2.19. The van der Waals surface area contributed by atoms with Gasteiger partial charge in [-0.2, -0.15) is 0 Å². The van der Waals surface area contributed by atoms with Crippen LogP contribution in [-0.2, 0) is 6.42 Å². The number of benzene rings is 2. The van der Waals surface area contributed by atoms with E-state index in [2.05, 4.69) is 19.1 Å². The summed E-state index contributed by atoms with van der Waals surface area (Å²) in [7, 11) is 0. The zero-order valence-corrected chi connectivity index (χ0v) is 12.1. The van der Waals surface area contributed by atoms with Crippen molar-refractivity contribution < 1.29 is 5.11 Å². The van der Waals surface area contributed by atoms with Gasteiger partial charge in [0.15, 0.2) is 0 Å². The van der Waals surface area contributed by atoms with Crippen LogP contribution in [-0.4, -0.2) is 5.11 Å². The first-order chi connectivity index (χ1) is 9.11. The second-order valence-corrected chi connectivity index (χ2v) is 5.31. The second kappa shape index (κ2) is 6.23. The summed E-state index contributed by atoms with van der Waals surface area (Å²) >= 11 is 6.01. The summed E-state index contributed by atoms with van der Waals surface area (Å²) < 4.78 is 0. The molecule has 0 aliphatic carbocycles. The molecule has 2 heteroatoms. The highest BCUT2D eigenvalue weighted by atomic mass is 35.5. The van der Waals surface area contributed by atoms with Gasteiger partial charge in [-0.3, -0.25) is 0 Å². The molecule has 0 amide bonds. The molecule has 1 unspecified atom stereocenters. The molecule has 0 radical (unpaired) electrons. The quantitative estimate of drug-likeness (QED) is 0.858. The van der Waals surface area contributed by atoms with Crippen molar-refractivity contribution in [3.8, 4) is 0 Å². The van der Waals surface area contributed by atoms with Gasteiger partial charge in [0.2, 0.25) is 0 Å². The lowest BCUT2D eigenvalue weighted by Gasteiger charge is -2.13. The van der Waals surface area contributed by atoms with E-state index in [0.29, 0.717) is 0 Å². The maximum atomic E-state index is 10.4. The van der Waals surface area contributed by atoms with Crippen molar-refractivity contribution in [1.82, 2.24) is 0 Å². The lowest BCUT2D eigenvalue weighted by molar-refractivity contribution is 0.220. The number of aryl methyl sites for hydroxylation is 2. The molecule has 2 aromatic rings. The van der Waals surface area contributed by atoms with Crippen LogP contribution < -0.4 is 0 Å². The molecule has 0 saturated carbocycles. The normalized spacial score (nSPS) is 12.4. The van der Waals surface area contributed by atoms with Gasteiger partial charge < -0.3 is 5.11 Å². The summed E-state index contributed by atoms with van der Waals surface area (Å²) in [6, 6.07) is 13.8. The van der Waals surface area contributed by atoms with Crippen molar-refractivity contribution >= 4 is 11.6 Å². The molecule has 0 fully saturated rings. The molecule has 2 rings (SSSR count). The Bertz CT molecular complexity index is 546. The molecule has 100 valence electrons. The van der Waals surface area contributed by atoms with Crippen LogP contribution in [0.1, 0.15) is 41.7 Å². The number of rotatable bonds is 4. The van der Waals surface area contributed by atoms with Gasteiger partial charge in [0.05, 0.1) is 0 Å². The van der Waals surface area contributed by atoms with Crippen LogP contribution in [0, 0.1) is 6.92 Å². The average Bonchev–Trinajstić information content (AvgIpc) is 2.42. The Morgan fingerprint density at radius 2 is 1.68 bits per heavy atom. The van der Waals surface area contributed by atoms with Gasteiger partial charge in [-0.1, -0.05) is 61.3 Å². The molecule has 0 heterocycles. The third kappa shape index (κ3) is 3.37. The lowest BCUT2D eigenvalue weighted by atomic mass is 9.98. The summed E-state index contributed by atoms with van der Waals surface area (Å²) in [6.07, 6.45) is 1.63. The van der Waals surface area contributed by atoms with E-state index in [4.69, 9.17) is 11.6 Å². The van der Waals surface area contributed by atoms with Crippen molar-refractivity contribution in [1.29, 1.82) is 0 Å². The van der Waals surface area contributed by atoms with Gasteiger partial charge in [0.1, 0.15) is 6.10 Å². The number of aliphatic hydroxyl groups excluding tert-OH is 1. The van der Waals surface area contributed by atoms with E-state index >= 15 is 0 Å². The van der Waals surface area contributed by atoms with Crippen molar-refractivity contribution in [2.24, 2.45) is 0 Å². The monoisotopic (exact) mass is 274 g/mol. The first kappa shape index (κ1) is 14.1. The Labute approximate surface area is 119 Å². The minimum atomic E-state index is -0.591. The summed E-state index contributed by atoms with van der Waals surface area (Å²) in [6.45, 7) is 4.11. The highest BCUT2D eigenvalue weighted by Crippen LogP contribution is 2.26. The Hall–Kier alpha value is -1.31. The van der Waals surface area contributed by atoms with E-state index in [-0.39, 0.29) is 0 Å². The molecule has 2 aromatic carbocycles. The molecule has 0 saturated heterocycles. The van der Waals surface area contributed by atoms with E-state index in [1.807, 2.05) is 37.3 Å². The zero-order chi connectivity index (χ0) is 13.8. The second-order valence-electron chi connectivity index (χ2n) is 4.90. The predicted octanol–water partition coefficient (Wildman–Crippen LogP) is 4.68. The van der Waals surface area contributed by atoms with E-state index < -0.39 is 6.10 Å². The van der Waals surface area contributed by atoms with Crippen LogP contribution in [0.3, 0.4) is 0 Å². The van der Waals surface area contributed by atoms with Crippen LogP contribution in [0.15, 0.2) is 42.5 Å². The Balaban J connectivity index is 2.22. The largest absolute Gasteiger partial charge is 0.384 e. The van der Waals surface area contributed by atoms with Crippen LogP contribution in [0.25, 0.3) is 0 Å². The van der Waals surface area contributed by atoms with E-state index in [1.54, 1.807) is 0 Å². The molecule has 0 aromatic heterocycles. The van der Waals surface area contributed by atoms with E-state index in [1.165, 1.54) is 5.56 Å². The Morgan fingerprint density at radius 1 is 1.05 bits per heavy atom. The number of halogens is 1. The van der Waals surface area contributed by atoms with Crippen molar-refractivity contribution in [2.45, 2.75) is 32.8 Å². The molecule has 1 nitrogen and oxygen atoms in total. The van der Waals surface area contributed by atoms with Gasteiger partial charge >= 0.3 is 0 Å². The molecular weight excluding hydrogens is 256 g/mol. The van der Waals surface area contributed by atoms with Crippen LogP contribution in [0.5, 0.6) is 0 Å². The van der Waals surface area contributed by atoms with Crippen LogP contribution in [0.4, 0.5) is 0 Å². The molecule has 0 aliphatic heterocycles. The highest BCUT2D eigenvalue weighted by molar-refractivity contribution is 6.31. The smallest absolute Gasteiger partial charge is 0.104 e. The number of hydrogen-bond acceptors (Lipinski definition) is 1. The lowest BCUT2D eigenvalue weighted by Crippen LogP contribution is -2.00. The van der Waals surface area contributed by atoms with Crippen molar-refractivity contribution in [3.05, 3.63) is 69.7 Å². The SMILES string of the molecule is CCCc1ccc(C(O)c2ccc(Cl)c(C)c2)cc1. The first-order valence-electron chi connectivity index (χ1n) is 6.64. The fraction of sp³-hybridized carbons (Fsp3) is 0.294. The minimum Gasteiger partial charge on any atom is -0.384 e. The molecule has 0 bridgehead atoms. The number of aliphatic hydroxyl groups is 1. The van der Waals surface area contributed by atoms with Crippen molar-refractivity contribution in [3.63, 3.8) is 0 Å². The molecule has 0 aliphatic rings. The fourth-order valence-corrected chi connectivity index (χ4v) is 2.30. The predicted molar refractivity (Wildman–Crippen MR) is 80.7 cm³/mol. The standard InChI is InChI=1S/C17H19ClO/c1-3-4-13-5-7-14(8-6-13)17(19)15-9-10-16(18)12(2)11-15/h5-11,17,19H,3-4H2,1-2H3. The maximum Gasteiger partial charge on any atom is 0.104 e. The summed E-state index contributed by atoms with van der Waals surface area (Å²) in [4.78, 5) is 0. The topological polar surface area (TPSA) is 20.2 Å². The third-order valence-corrected chi connectivity index (χ3v) is 3.76. The third-order valence-electron chi connectivity index (χ3n) is 3.33. The molecule has 1 atom stereocenters. The zero-order valence-electron chi connectivity index (χ0n) is 11.4. The van der Waals surface area contributed by atoms with E-state index in [0.717, 1.165) is 34.6 Å². The molecule has 0 spiro atoms.